The SMILES string of the molecule is CC(CCl)C[C@H](NC(=O)C(O)O)C(=O)N[C@H](C(=O)NC1C(=O)N/C(=C/Cl)C(=O)NC(C(=O)O)CC2=C(CC(O)C2=O)O[C@H]1C(C)C)[C@H](O)CCCN. The fourth-order valence-electron chi connectivity index (χ4n) is 5.37. The Morgan fingerprint density at radius 1 is 1.04 bits per heavy atom. The number of carbonyl (C=O) groups excluding carboxylic acids is 6. The van der Waals surface area contributed by atoms with E-state index < -0.39 is 120 Å². The number of aliphatic hydroxyl groups excluding tert-OH is 3. The van der Waals surface area contributed by atoms with Crippen LogP contribution in [0.3, 0.4) is 0 Å². The number of hydrogen-bond acceptors (Lipinski definition) is 13. The van der Waals surface area contributed by atoms with E-state index in [4.69, 9.17) is 33.7 Å². The minimum atomic E-state index is -2.49. The molecule has 0 saturated carbocycles. The number of nitrogens with two attached hydrogens (primary N) is 1. The summed E-state index contributed by atoms with van der Waals surface area (Å²) >= 11 is 11.7. The van der Waals surface area contributed by atoms with Gasteiger partial charge in [-0.3, -0.25) is 28.8 Å². The van der Waals surface area contributed by atoms with Gasteiger partial charge in [-0.1, -0.05) is 32.4 Å². The molecule has 8 atom stereocenters. The van der Waals surface area contributed by atoms with Crippen LogP contribution in [0.15, 0.2) is 22.6 Å². The van der Waals surface area contributed by atoms with E-state index in [1.165, 1.54) is 0 Å². The van der Waals surface area contributed by atoms with Gasteiger partial charge >= 0.3 is 5.97 Å². The molecule has 0 aromatic heterocycles. The predicted molar refractivity (Wildman–Crippen MR) is 181 cm³/mol. The van der Waals surface area contributed by atoms with E-state index >= 15 is 0 Å². The molecular weight excluding hydrogens is 735 g/mol. The van der Waals surface area contributed by atoms with E-state index in [0.29, 0.717) is 5.54 Å². The second kappa shape index (κ2) is 20.4. The standard InChI is InChI=1S/C31H46Cl2N6O13/c1-12(2)24-22(28(46)37-17(11-33)26(44)36-16(30(48)49)8-14-20(52-24)9-19(41)23(14)42)39-27(45)21(18(40)5-4-6-34)38-25(43)15(7-13(3)10-32)35-29(47)31(50)51/h11-13,15-16,18-19,21-22,24,31,40-41,50-51H,4-10,34H2,1-3H3,(H,35,47)(H,36,44)(H,37,46)(H,38,43)(H,39,45)(H,48,49)/b17-11+/t13?,15-,16?,18+,19?,21-,22?,24-/m0/s1. The third kappa shape index (κ3) is 12.1. The van der Waals surface area contributed by atoms with E-state index in [1.807, 2.05) is 0 Å². The average Bonchev–Trinajstić information content (AvgIpc) is 3.34. The molecule has 19 nitrogen and oxygen atoms in total. The molecule has 292 valence electrons. The molecule has 0 fully saturated rings. The number of carboxylic acid groups (broad SMARTS) is 1. The highest BCUT2D eigenvalue weighted by atomic mass is 35.5. The first-order chi connectivity index (χ1) is 24.4. The summed E-state index contributed by atoms with van der Waals surface area (Å²) in [5.41, 5.74) is 5.29. The number of carbonyl (C=O) groups is 7. The summed E-state index contributed by atoms with van der Waals surface area (Å²) in [4.78, 5) is 91.4. The summed E-state index contributed by atoms with van der Waals surface area (Å²) in [7, 11) is 0. The van der Waals surface area contributed by atoms with Gasteiger partial charge < -0.3 is 62.6 Å². The molecular formula is C31H46Cl2N6O13. The van der Waals surface area contributed by atoms with Crippen molar-refractivity contribution in [3.8, 4) is 0 Å². The summed E-state index contributed by atoms with van der Waals surface area (Å²) in [5.74, 6) is -9.52. The van der Waals surface area contributed by atoms with Crippen molar-refractivity contribution >= 4 is 64.5 Å². The molecule has 2 aliphatic rings. The molecule has 5 amide bonds. The number of ether oxygens (including phenoxy) is 1. The van der Waals surface area contributed by atoms with E-state index in [0.717, 1.165) is 0 Å². The molecule has 0 radical (unpaired) electrons. The van der Waals surface area contributed by atoms with Gasteiger partial charge in [-0.05, 0) is 37.6 Å². The molecule has 4 unspecified atom stereocenters. The monoisotopic (exact) mass is 780 g/mol. The van der Waals surface area contributed by atoms with Crippen LogP contribution in [-0.2, 0) is 38.3 Å². The second-order valence-corrected chi connectivity index (χ2v) is 13.3. The molecule has 0 spiro atoms. The Labute approximate surface area is 308 Å². The topological polar surface area (TPSA) is 316 Å². The Morgan fingerprint density at radius 2 is 1.69 bits per heavy atom. The van der Waals surface area contributed by atoms with Crippen LogP contribution in [0.5, 0.6) is 0 Å². The first kappa shape index (κ1) is 44.3. The Balaban J connectivity index is 2.63. The lowest BCUT2D eigenvalue weighted by atomic mass is 9.96. The largest absolute Gasteiger partial charge is 0.491 e. The number of aliphatic carboxylic acids is 1. The van der Waals surface area contributed by atoms with Crippen LogP contribution in [0.4, 0.5) is 0 Å². The van der Waals surface area contributed by atoms with E-state index in [-0.39, 0.29) is 43.0 Å². The third-order valence-corrected chi connectivity index (χ3v) is 8.97. The Hall–Kier alpha value is -3.85. The zero-order chi connectivity index (χ0) is 39.4. The summed E-state index contributed by atoms with van der Waals surface area (Å²) in [6.07, 6.45) is -8.28. The first-order valence-electron chi connectivity index (χ1n) is 16.3. The van der Waals surface area contributed by atoms with Crippen LogP contribution in [0, 0.1) is 11.8 Å². The summed E-state index contributed by atoms with van der Waals surface area (Å²) in [6.45, 7) is 4.84. The minimum Gasteiger partial charge on any atom is -0.491 e. The average molecular weight is 782 g/mol. The molecule has 12 N–H and O–H groups in total. The highest BCUT2D eigenvalue weighted by Crippen LogP contribution is 2.31. The highest BCUT2D eigenvalue weighted by molar-refractivity contribution is 6.28. The normalized spacial score (nSPS) is 24.4. The van der Waals surface area contributed by atoms with Gasteiger partial charge in [-0.15, -0.1) is 11.6 Å². The zero-order valence-corrected chi connectivity index (χ0v) is 30.1. The molecule has 52 heavy (non-hydrogen) atoms. The summed E-state index contributed by atoms with van der Waals surface area (Å²) in [6, 6.07) is -6.80. The van der Waals surface area contributed by atoms with Crippen molar-refractivity contribution in [2.24, 2.45) is 17.6 Å². The smallest absolute Gasteiger partial charge is 0.326 e. The van der Waals surface area contributed by atoms with Crippen molar-refractivity contribution in [1.29, 1.82) is 0 Å². The maximum Gasteiger partial charge on any atom is 0.326 e. The van der Waals surface area contributed by atoms with Gasteiger partial charge in [0.05, 0.1) is 6.10 Å². The quantitative estimate of drug-likeness (QED) is 0.0446. The highest BCUT2D eigenvalue weighted by Gasteiger charge is 2.43. The lowest BCUT2D eigenvalue weighted by Crippen LogP contribution is -2.63. The Kier molecular flexibility index (Phi) is 17.4. The van der Waals surface area contributed by atoms with Gasteiger partial charge in [0, 0.05) is 29.8 Å². The van der Waals surface area contributed by atoms with Gasteiger partial charge in [-0.2, -0.15) is 0 Å². The number of nitrogens with one attached hydrogen (secondary N) is 5. The van der Waals surface area contributed by atoms with Gasteiger partial charge in [-0.25, -0.2) is 4.79 Å². The van der Waals surface area contributed by atoms with Crippen LogP contribution in [0.25, 0.3) is 0 Å². The second-order valence-electron chi connectivity index (χ2n) is 12.8. The summed E-state index contributed by atoms with van der Waals surface area (Å²) in [5, 5.41) is 61.0. The molecule has 1 heterocycles. The predicted octanol–water partition coefficient (Wildman–Crippen LogP) is -3.09. The molecule has 1 aliphatic heterocycles. The van der Waals surface area contributed by atoms with Crippen LogP contribution < -0.4 is 32.3 Å². The minimum absolute atomic E-state index is 0.0340. The number of hydrogen-bond donors (Lipinski definition) is 11. The first-order valence-corrected chi connectivity index (χ1v) is 17.3. The molecule has 0 saturated heterocycles. The molecule has 21 heteroatoms. The van der Waals surface area contributed by atoms with Crippen molar-refractivity contribution in [2.45, 2.75) is 102 Å². The Bertz CT molecular complexity index is 1420. The van der Waals surface area contributed by atoms with Crippen LogP contribution in [-0.4, -0.2) is 128 Å². The Morgan fingerprint density at radius 3 is 2.23 bits per heavy atom. The van der Waals surface area contributed by atoms with Crippen LogP contribution in [0.1, 0.15) is 52.9 Å². The molecule has 2 rings (SSSR count). The number of aliphatic hydroxyl groups is 4. The zero-order valence-electron chi connectivity index (χ0n) is 28.6. The number of Topliss-reactive ketones (excluding diaryl/α,β-unsaturated/α-hetero) is 1. The van der Waals surface area contributed by atoms with E-state index in [1.54, 1.807) is 20.8 Å². The van der Waals surface area contributed by atoms with Gasteiger partial charge in [0.15, 0.2) is 5.78 Å². The number of amides is 5. The van der Waals surface area contributed by atoms with Gasteiger partial charge in [0.25, 0.3) is 17.7 Å². The van der Waals surface area contributed by atoms with Crippen LogP contribution in [0.2, 0.25) is 0 Å². The lowest BCUT2D eigenvalue weighted by Gasteiger charge is -2.34. The fraction of sp³-hybridized carbons (Fsp3) is 0.645. The van der Waals surface area contributed by atoms with Crippen molar-refractivity contribution in [3.05, 3.63) is 22.6 Å². The molecule has 1 aliphatic carbocycles. The third-order valence-electron chi connectivity index (χ3n) is 8.22. The van der Waals surface area contributed by atoms with Crippen molar-refractivity contribution in [1.82, 2.24) is 26.6 Å². The molecule has 0 aromatic rings. The van der Waals surface area contributed by atoms with Crippen molar-refractivity contribution in [2.75, 3.05) is 12.4 Å². The maximum absolute atomic E-state index is 14.0. The van der Waals surface area contributed by atoms with E-state index in [2.05, 4.69) is 26.6 Å². The number of halogens is 2. The maximum atomic E-state index is 14.0. The number of carboxylic acids is 1. The van der Waals surface area contributed by atoms with Crippen LogP contribution >= 0.6 is 23.2 Å². The van der Waals surface area contributed by atoms with Gasteiger partial charge in [0.2, 0.25) is 18.1 Å². The van der Waals surface area contributed by atoms with E-state index in [9.17, 15) is 59.1 Å². The number of ketones is 1. The molecule has 0 aromatic carbocycles. The lowest BCUT2D eigenvalue weighted by molar-refractivity contribution is -0.150. The fourth-order valence-corrected chi connectivity index (χ4v) is 5.65. The number of rotatable bonds is 15. The molecule has 0 bridgehead atoms. The van der Waals surface area contributed by atoms with Gasteiger partial charge in [0.1, 0.15) is 47.8 Å². The van der Waals surface area contributed by atoms with Crippen molar-refractivity contribution < 1.29 is 63.8 Å². The van der Waals surface area contributed by atoms with Crippen molar-refractivity contribution in [3.63, 3.8) is 0 Å². The number of alkyl halides is 1. The summed E-state index contributed by atoms with van der Waals surface area (Å²) < 4.78 is 6.10.